The molecule has 0 bridgehead atoms. The van der Waals surface area contributed by atoms with Crippen molar-refractivity contribution in [2.24, 2.45) is 0 Å². The van der Waals surface area contributed by atoms with E-state index in [4.69, 9.17) is 0 Å². The molecule has 0 aliphatic rings. The molecule has 1 aromatic carbocycles. The summed E-state index contributed by atoms with van der Waals surface area (Å²) in [5.74, 6) is 0. The first-order chi connectivity index (χ1) is 8.60. The van der Waals surface area contributed by atoms with Crippen LogP contribution in [-0.2, 0) is 0 Å². The summed E-state index contributed by atoms with van der Waals surface area (Å²) >= 11 is 0. The molecule has 2 aromatic rings. The van der Waals surface area contributed by atoms with Crippen molar-refractivity contribution in [2.45, 2.75) is 27.7 Å². The van der Waals surface area contributed by atoms with Gasteiger partial charge >= 0.3 is 0 Å². The molecule has 18 heavy (non-hydrogen) atoms. The summed E-state index contributed by atoms with van der Waals surface area (Å²) in [6.07, 6.45) is 6.64. The van der Waals surface area contributed by atoms with Crippen LogP contribution in [-0.4, -0.2) is 11.3 Å². The molecule has 0 N–H and O–H groups in total. The lowest BCUT2D eigenvalue weighted by Gasteiger charge is -2.13. The van der Waals surface area contributed by atoms with Gasteiger partial charge in [-0.25, -0.2) is 0 Å². The third-order valence-electron chi connectivity index (χ3n) is 3.51. The Balaban J connectivity index is 2.92. The minimum Gasteiger partial charge on any atom is -0.298 e. The van der Waals surface area contributed by atoms with E-state index in [1.165, 1.54) is 22.3 Å². The minimum absolute atomic E-state index is 0.628. The van der Waals surface area contributed by atoms with Crippen LogP contribution < -0.4 is 0 Å². The molecule has 0 amide bonds. The molecule has 1 heterocycles. The summed E-state index contributed by atoms with van der Waals surface area (Å²) in [7, 11) is 0. The number of aryl methyl sites for hydroxylation is 2. The van der Waals surface area contributed by atoms with E-state index in [9.17, 15) is 4.79 Å². The average Bonchev–Trinajstić information content (AvgIpc) is 2.40. The maximum Gasteiger partial charge on any atom is 0.151 e. The number of carbonyl (C=O) groups excluding carboxylic acids is 1. The Morgan fingerprint density at radius 2 is 1.83 bits per heavy atom. The fourth-order valence-corrected chi connectivity index (χ4v) is 2.36. The number of carbonyl (C=O) groups is 1. The summed E-state index contributed by atoms with van der Waals surface area (Å²) in [5.41, 5.74) is 6.46. The summed E-state index contributed by atoms with van der Waals surface area (Å²) < 4.78 is 0. The minimum atomic E-state index is 0.628. The molecule has 0 unspecified atom stereocenters. The van der Waals surface area contributed by atoms with E-state index >= 15 is 0 Å². The van der Waals surface area contributed by atoms with E-state index in [1.54, 1.807) is 6.20 Å². The van der Waals surface area contributed by atoms with Gasteiger partial charge in [0.1, 0.15) is 0 Å². The fraction of sp³-hybridized carbons (Fsp3) is 0.250. The van der Waals surface area contributed by atoms with Gasteiger partial charge in [-0.15, -0.1) is 0 Å². The molecule has 92 valence electrons. The highest BCUT2D eigenvalue weighted by molar-refractivity contribution is 5.93. The van der Waals surface area contributed by atoms with Crippen LogP contribution in [0.2, 0.25) is 0 Å². The lowest BCUT2D eigenvalue weighted by molar-refractivity contribution is 0.112. The second-order valence-corrected chi connectivity index (χ2v) is 4.57. The number of nitrogens with zero attached hydrogens (tertiary/aromatic N) is 1. The SMILES string of the molecule is CC=Cc1c(C)c(C)c2cc(C=O)cnc2c1C. The number of hydrogen-bond acceptors (Lipinski definition) is 2. The molecule has 0 saturated heterocycles. The van der Waals surface area contributed by atoms with Gasteiger partial charge in [-0.2, -0.15) is 0 Å². The van der Waals surface area contributed by atoms with Crippen LogP contribution in [0.5, 0.6) is 0 Å². The van der Waals surface area contributed by atoms with Crippen molar-refractivity contribution in [3.05, 3.63) is 46.2 Å². The maximum atomic E-state index is 10.8. The third kappa shape index (κ3) is 1.84. The van der Waals surface area contributed by atoms with Gasteiger partial charge in [-0.05, 0) is 56.0 Å². The summed E-state index contributed by atoms with van der Waals surface area (Å²) in [6, 6.07) is 1.92. The lowest BCUT2D eigenvalue weighted by Crippen LogP contribution is -1.97. The van der Waals surface area contributed by atoms with E-state index in [0.29, 0.717) is 5.56 Å². The van der Waals surface area contributed by atoms with Crippen LogP contribution in [0.25, 0.3) is 17.0 Å². The molecule has 2 nitrogen and oxygen atoms in total. The summed E-state index contributed by atoms with van der Waals surface area (Å²) in [4.78, 5) is 15.3. The Morgan fingerprint density at radius 3 is 2.44 bits per heavy atom. The van der Waals surface area contributed by atoms with Gasteiger partial charge in [0.2, 0.25) is 0 Å². The van der Waals surface area contributed by atoms with Gasteiger partial charge in [0.15, 0.2) is 6.29 Å². The second kappa shape index (κ2) is 4.73. The number of benzene rings is 1. The molecular formula is C16H17NO. The van der Waals surface area contributed by atoms with Crippen molar-refractivity contribution in [1.29, 1.82) is 0 Å². The second-order valence-electron chi connectivity index (χ2n) is 4.57. The standard InChI is InChI=1S/C16H17NO/c1-5-6-14-10(2)11(3)15-7-13(9-18)8-17-16(15)12(14)4/h5-9H,1-4H3. The maximum absolute atomic E-state index is 10.8. The Bertz CT molecular complexity index is 654. The number of hydrogen-bond donors (Lipinski definition) is 0. The topological polar surface area (TPSA) is 30.0 Å². The lowest BCUT2D eigenvalue weighted by atomic mass is 9.93. The Kier molecular flexibility index (Phi) is 3.28. The third-order valence-corrected chi connectivity index (χ3v) is 3.51. The quantitative estimate of drug-likeness (QED) is 0.741. The molecule has 0 saturated carbocycles. The van der Waals surface area contributed by atoms with Gasteiger partial charge in [0.05, 0.1) is 5.52 Å². The number of allylic oxidation sites excluding steroid dienone is 1. The smallest absolute Gasteiger partial charge is 0.151 e. The molecule has 0 radical (unpaired) electrons. The predicted octanol–water partition coefficient (Wildman–Crippen LogP) is 4.01. The normalized spacial score (nSPS) is 11.3. The van der Waals surface area contributed by atoms with Crippen LogP contribution in [0.1, 0.15) is 39.5 Å². The van der Waals surface area contributed by atoms with Crippen LogP contribution in [0, 0.1) is 20.8 Å². The van der Waals surface area contributed by atoms with Crippen molar-refractivity contribution < 1.29 is 4.79 Å². The highest BCUT2D eigenvalue weighted by atomic mass is 16.1. The van der Waals surface area contributed by atoms with E-state index in [2.05, 4.69) is 31.8 Å². The monoisotopic (exact) mass is 239 g/mol. The van der Waals surface area contributed by atoms with Crippen LogP contribution in [0.3, 0.4) is 0 Å². The highest BCUT2D eigenvalue weighted by Crippen LogP contribution is 2.29. The number of pyridine rings is 1. The van der Waals surface area contributed by atoms with Gasteiger partial charge < -0.3 is 0 Å². The number of rotatable bonds is 2. The predicted molar refractivity (Wildman–Crippen MR) is 76.0 cm³/mol. The molecule has 0 atom stereocenters. The molecule has 0 spiro atoms. The zero-order valence-electron chi connectivity index (χ0n) is 11.2. The fourth-order valence-electron chi connectivity index (χ4n) is 2.36. The highest BCUT2D eigenvalue weighted by Gasteiger charge is 2.11. The van der Waals surface area contributed by atoms with Gasteiger partial charge in [0, 0.05) is 17.1 Å². The van der Waals surface area contributed by atoms with Crippen molar-refractivity contribution >= 4 is 23.3 Å². The first-order valence-corrected chi connectivity index (χ1v) is 6.07. The Morgan fingerprint density at radius 1 is 1.11 bits per heavy atom. The molecule has 2 heteroatoms. The zero-order valence-corrected chi connectivity index (χ0v) is 11.2. The number of fused-ring (bicyclic) bond motifs is 1. The zero-order chi connectivity index (χ0) is 13.3. The van der Waals surface area contributed by atoms with E-state index in [-0.39, 0.29) is 0 Å². The van der Waals surface area contributed by atoms with Crippen molar-refractivity contribution in [3.8, 4) is 0 Å². The van der Waals surface area contributed by atoms with Crippen LogP contribution in [0.15, 0.2) is 18.3 Å². The van der Waals surface area contributed by atoms with E-state index in [1.807, 2.05) is 19.1 Å². The van der Waals surface area contributed by atoms with Crippen molar-refractivity contribution in [3.63, 3.8) is 0 Å². The Labute approximate surface area is 107 Å². The van der Waals surface area contributed by atoms with E-state index < -0.39 is 0 Å². The molecule has 1 aromatic heterocycles. The van der Waals surface area contributed by atoms with Crippen LogP contribution >= 0.6 is 0 Å². The number of aromatic nitrogens is 1. The van der Waals surface area contributed by atoms with Crippen molar-refractivity contribution in [2.75, 3.05) is 0 Å². The average molecular weight is 239 g/mol. The van der Waals surface area contributed by atoms with Crippen LogP contribution in [0.4, 0.5) is 0 Å². The summed E-state index contributed by atoms with van der Waals surface area (Å²) in [6.45, 7) is 8.30. The molecule has 2 rings (SSSR count). The Hall–Kier alpha value is -1.96. The van der Waals surface area contributed by atoms with Gasteiger partial charge in [0.25, 0.3) is 0 Å². The molecular weight excluding hydrogens is 222 g/mol. The number of aldehydes is 1. The largest absolute Gasteiger partial charge is 0.298 e. The van der Waals surface area contributed by atoms with Gasteiger partial charge in [-0.3, -0.25) is 9.78 Å². The first kappa shape index (κ1) is 12.5. The summed E-state index contributed by atoms with van der Waals surface area (Å²) in [5, 5.41) is 1.07. The van der Waals surface area contributed by atoms with Crippen molar-refractivity contribution in [1.82, 2.24) is 4.98 Å². The molecule has 0 aliphatic heterocycles. The molecule has 0 fully saturated rings. The first-order valence-electron chi connectivity index (χ1n) is 6.07. The molecule has 0 aliphatic carbocycles. The van der Waals surface area contributed by atoms with Gasteiger partial charge in [-0.1, -0.05) is 12.2 Å². The van der Waals surface area contributed by atoms with E-state index in [0.717, 1.165) is 17.2 Å².